The summed E-state index contributed by atoms with van der Waals surface area (Å²) in [4.78, 5) is 7.11. The van der Waals surface area contributed by atoms with Gasteiger partial charge in [0.05, 0.1) is 19.3 Å². The van der Waals surface area contributed by atoms with Gasteiger partial charge in [-0.05, 0) is 61.8 Å². The van der Waals surface area contributed by atoms with Crippen LogP contribution in [0.25, 0.3) is 10.9 Å². The van der Waals surface area contributed by atoms with Gasteiger partial charge < -0.3 is 19.7 Å². The molecule has 27 heavy (non-hydrogen) atoms. The Labute approximate surface area is 164 Å². The predicted octanol–water partition coefficient (Wildman–Crippen LogP) is 4.29. The molecule has 1 aliphatic rings. The zero-order valence-corrected chi connectivity index (χ0v) is 16.7. The lowest BCUT2D eigenvalue weighted by molar-refractivity contribution is 0.00696. The van der Waals surface area contributed by atoms with E-state index in [1.165, 1.54) is 27.0 Å². The number of aliphatic hydroxyl groups excluding tert-OH is 1. The van der Waals surface area contributed by atoms with Crippen molar-refractivity contribution in [2.24, 2.45) is 0 Å². The number of piperidine rings is 1. The van der Waals surface area contributed by atoms with Crippen molar-refractivity contribution in [2.75, 3.05) is 26.2 Å². The van der Waals surface area contributed by atoms with Crippen molar-refractivity contribution in [3.63, 3.8) is 0 Å². The van der Waals surface area contributed by atoms with Crippen LogP contribution in [0.5, 0.6) is 0 Å². The van der Waals surface area contributed by atoms with Crippen LogP contribution in [0.2, 0.25) is 0 Å². The maximum Gasteiger partial charge on any atom is 0.0900 e. The topological polar surface area (TPSA) is 48.5 Å². The molecule has 1 fully saturated rings. The second kappa shape index (κ2) is 8.57. The average molecular weight is 385 g/mol. The summed E-state index contributed by atoms with van der Waals surface area (Å²) in [6.07, 6.45) is 1.87. The summed E-state index contributed by atoms with van der Waals surface area (Å²) in [5, 5.41) is 13.7. The van der Waals surface area contributed by atoms with Gasteiger partial charge in [-0.3, -0.25) is 0 Å². The molecule has 2 N–H and O–H groups in total. The number of para-hydroxylation sites is 1. The number of ether oxygens (including phenoxy) is 1. The molecule has 3 heterocycles. The van der Waals surface area contributed by atoms with E-state index in [1.807, 2.05) is 6.07 Å². The number of nitrogens with zero attached hydrogens (tertiary/aromatic N) is 1. The van der Waals surface area contributed by atoms with E-state index < -0.39 is 6.10 Å². The number of hydrogen-bond acceptors (Lipinski definition) is 4. The fraction of sp³-hybridized carbons (Fsp3) is 0.455. The average Bonchev–Trinajstić information content (AvgIpc) is 3.29. The number of likely N-dealkylation sites (tertiary alicyclic amines) is 1. The van der Waals surface area contributed by atoms with Crippen molar-refractivity contribution in [3.8, 4) is 0 Å². The van der Waals surface area contributed by atoms with Crippen molar-refractivity contribution in [3.05, 3.63) is 57.9 Å². The second-order valence-corrected chi connectivity index (χ2v) is 8.56. The fourth-order valence-corrected chi connectivity index (χ4v) is 4.91. The van der Waals surface area contributed by atoms with Gasteiger partial charge in [-0.2, -0.15) is 0 Å². The summed E-state index contributed by atoms with van der Waals surface area (Å²) in [5.74, 6) is 0.602. The van der Waals surface area contributed by atoms with Gasteiger partial charge in [-0.25, -0.2) is 0 Å². The maximum atomic E-state index is 10.3. The number of rotatable bonds is 7. The van der Waals surface area contributed by atoms with E-state index >= 15 is 0 Å². The minimum atomic E-state index is -0.420. The van der Waals surface area contributed by atoms with E-state index in [9.17, 15) is 5.11 Å². The minimum Gasteiger partial charge on any atom is -0.389 e. The molecule has 0 aliphatic carbocycles. The number of benzene rings is 1. The highest BCUT2D eigenvalue weighted by Crippen LogP contribution is 2.35. The lowest BCUT2D eigenvalue weighted by Gasteiger charge is -2.33. The summed E-state index contributed by atoms with van der Waals surface area (Å²) in [7, 11) is 0. The van der Waals surface area contributed by atoms with Crippen molar-refractivity contribution in [2.45, 2.75) is 38.4 Å². The number of aliphatic hydroxyl groups is 1. The summed E-state index contributed by atoms with van der Waals surface area (Å²) < 4.78 is 5.65. The Bertz CT molecular complexity index is 850. The SMILES string of the molecule is Cc1[nH]c2ccccc2c1C1CCN(CC(O)COCc2cccs2)CC1. The van der Waals surface area contributed by atoms with Crippen LogP contribution < -0.4 is 0 Å². The summed E-state index contributed by atoms with van der Waals surface area (Å²) in [6.45, 7) is 5.95. The number of fused-ring (bicyclic) bond motifs is 1. The first-order valence-corrected chi connectivity index (χ1v) is 10.7. The number of H-pyrrole nitrogens is 1. The Morgan fingerprint density at radius 2 is 2.04 bits per heavy atom. The molecule has 1 aliphatic heterocycles. The van der Waals surface area contributed by atoms with E-state index in [1.54, 1.807) is 11.3 Å². The molecule has 144 valence electrons. The number of aromatic amines is 1. The Balaban J connectivity index is 1.26. The van der Waals surface area contributed by atoms with Crippen molar-refractivity contribution in [1.82, 2.24) is 9.88 Å². The molecule has 0 bridgehead atoms. The molecule has 2 aromatic heterocycles. The van der Waals surface area contributed by atoms with Crippen LogP contribution in [-0.2, 0) is 11.3 Å². The van der Waals surface area contributed by atoms with Gasteiger partial charge in [0.1, 0.15) is 0 Å². The molecule has 0 amide bonds. The third-order valence-electron chi connectivity index (χ3n) is 5.54. The number of nitrogens with one attached hydrogen (secondary N) is 1. The van der Waals surface area contributed by atoms with Crippen LogP contribution in [0.3, 0.4) is 0 Å². The first-order valence-electron chi connectivity index (χ1n) is 9.78. The van der Waals surface area contributed by atoms with Crippen LogP contribution in [0.15, 0.2) is 41.8 Å². The Morgan fingerprint density at radius 3 is 2.81 bits per heavy atom. The Hall–Kier alpha value is -1.66. The fourth-order valence-electron chi connectivity index (χ4n) is 4.27. The number of thiophene rings is 1. The highest BCUT2D eigenvalue weighted by molar-refractivity contribution is 7.09. The molecule has 4 rings (SSSR count). The van der Waals surface area contributed by atoms with Gasteiger partial charge in [0.25, 0.3) is 0 Å². The van der Waals surface area contributed by atoms with Gasteiger partial charge in [-0.15, -0.1) is 11.3 Å². The van der Waals surface area contributed by atoms with E-state index in [0.717, 1.165) is 25.9 Å². The zero-order chi connectivity index (χ0) is 18.6. The standard InChI is InChI=1S/C22H28N2O2S/c1-16-22(20-6-2-3-7-21(20)23-16)17-8-10-24(11-9-17)13-18(25)14-26-15-19-5-4-12-27-19/h2-7,12,17-18,23,25H,8-11,13-15H2,1H3. The lowest BCUT2D eigenvalue weighted by Crippen LogP contribution is -2.39. The van der Waals surface area contributed by atoms with Gasteiger partial charge >= 0.3 is 0 Å². The highest BCUT2D eigenvalue weighted by atomic mass is 32.1. The smallest absolute Gasteiger partial charge is 0.0900 e. The lowest BCUT2D eigenvalue weighted by atomic mass is 9.87. The Morgan fingerprint density at radius 1 is 1.22 bits per heavy atom. The van der Waals surface area contributed by atoms with Gasteiger partial charge in [-0.1, -0.05) is 24.3 Å². The number of aromatic nitrogens is 1. The molecule has 1 unspecified atom stereocenters. The molecule has 4 nitrogen and oxygen atoms in total. The highest BCUT2D eigenvalue weighted by Gasteiger charge is 2.25. The number of aryl methyl sites for hydroxylation is 1. The van der Waals surface area contributed by atoms with E-state index in [4.69, 9.17) is 4.74 Å². The summed E-state index contributed by atoms with van der Waals surface area (Å²) in [5.41, 5.74) is 4.03. The third kappa shape index (κ3) is 4.43. The number of β-amino-alcohol motifs (C(OH)–C–C–N with tert-alkyl or cyclic N) is 1. The predicted molar refractivity (Wildman–Crippen MR) is 111 cm³/mol. The first-order chi connectivity index (χ1) is 13.2. The van der Waals surface area contributed by atoms with Crippen LogP contribution in [0.1, 0.15) is 34.9 Å². The van der Waals surface area contributed by atoms with Gasteiger partial charge in [0.15, 0.2) is 0 Å². The minimum absolute atomic E-state index is 0.402. The molecular formula is C22H28N2O2S. The van der Waals surface area contributed by atoms with Crippen molar-refractivity contribution >= 4 is 22.2 Å². The van der Waals surface area contributed by atoms with Crippen molar-refractivity contribution < 1.29 is 9.84 Å². The van der Waals surface area contributed by atoms with Gasteiger partial charge in [0.2, 0.25) is 0 Å². The van der Waals surface area contributed by atoms with Crippen LogP contribution in [0, 0.1) is 6.92 Å². The molecule has 1 saturated heterocycles. The van der Waals surface area contributed by atoms with Crippen molar-refractivity contribution in [1.29, 1.82) is 0 Å². The largest absolute Gasteiger partial charge is 0.389 e. The first kappa shape index (κ1) is 18.7. The molecule has 0 spiro atoms. The molecule has 3 aromatic rings. The Kier molecular flexibility index (Phi) is 5.93. The summed E-state index contributed by atoms with van der Waals surface area (Å²) in [6, 6.07) is 12.7. The normalized spacial score (nSPS) is 17.6. The molecule has 0 saturated carbocycles. The van der Waals surface area contributed by atoms with E-state index in [2.05, 4.69) is 52.5 Å². The van der Waals surface area contributed by atoms with Crippen LogP contribution in [-0.4, -0.2) is 47.3 Å². The van der Waals surface area contributed by atoms with E-state index in [0.29, 0.717) is 25.7 Å². The quantitative estimate of drug-likeness (QED) is 0.639. The molecule has 1 atom stereocenters. The van der Waals surface area contributed by atoms with Gasteiger partial charge in [0, 0.05) is 28.0 Å². The zero-order valence-electron chi connectivity index (χ0n) is 15.9. The summed E-state index contributed by atoms with van der Waals surface area (Å²) >= 11 is 1.69. The monoisotopic (exact) mass is 384 g/mol. The molecule has 5 heteroatoms. The molecular weight excluding hydrogens is 356 g/mol. The second-order valence-electron chi connectivity index (χ2n) is 7.53. The maximum absolute atomic E-state index is 10.3. The molecule has 1 aromatic carbocycles. The third-order valence-corrected chi connectivity index (χ3v) is 6.39. The van der Waals surface area contributed by atoms with E-state index in [-0.39, 0.29) is 0 Å². The number of hydrogen-bond donors (Lipinski definition) is 2. The van der Waals surface area contributed by atoms with Crippen LogP contribution in [0.4, 0.5) is 0 Å². The van der Waals surface area contributed by atoms with Crippen LogP contribution >= 0.6 is 11.3 Å². The molecule has 0 radical (unpaired) electrons.